The van der Waals surface area contributed by atoms with E-state index in [0.29, 0.717) is 12.0 Å². The molecular formula is C18H22O. The van der Waals surface area contributed by atoms with Crippen LogP contribution in [0.5, 0.6) is 0 Å². The molecule has 0 aromatic heterocycles. The van der Waals surface area contributed by atoms with E-state index in [1.807, 2.05) is 0 Å². The lowest BCUT2D eigenvalue weighted by atomic mass is 10.0. The van der Waals surface area contributed by atoms with Crippen LogP contribution in [0.1, 0.15) is 37.5 Å². The maximum Gasteiger partial charge on any atom is 0.0726 e. The van der Waals surface area contributed by atoms with Gasteiger partial charge in [-0.25, -0.2) is 0 Å². The number of ether oxygens (including phenoxy) is 1. The molecule has 1 nitrogen and oxygen atoms in total. The summed E-state index contributed by atoms with van der Waals surface area (Å²) in [5, 5.41) is 2.88. The van der Waals surface area contributed by atoms with E-state index in [9.17, 15) is 0 Å². The maximum atomic E-state index is 6.00. The van der Waals surface area contributed by atoms with Gasteiger partial charge in [0, 0.05) is 0 Å². The first-order valence-corrected chi connectivity index (χ1v) is 7.31. The van der Waals surface area contributed by atoms with Crippen LogP contribution in [0.2, 0.25) is 0 Å². The quantitative estimate of drug-likeness (QED) is 0.780. The van der Waals surface area contributed by atoms with Gasteiger partial charge < -0.3 is 4.74 Å². The summed E-state index contributed by atoms with van der Waals surface area (Å²) in [6.45, 7) is 7.29. The van der Waals surface area contributed by atoms with Crippen molar-refractivity contribution >= 4 is 10.8 Å². The molecule has 2 aromatic carbocycles. The third kappa shape index (κ3) is 2.28. The highest BCUT2D eigenvalue weighted by Crippen LogP contribution is 2.33. The molecule has 19 heavy (non-hydrogen) atoms. The van der Waals surface area contributed by atoms with Crippen molar-refractivity contribution in [2.24, 2.45) is 5.92 Å². The van der Waals surface area contributed by atoms with E-state index in [2.05, 4.69) is 51.1 Å². The van der Waals surface area contributed by atoms with Gasteiger partial charge in [-0.15, -0.1) is 0 Å². The van der Waals surface area contributed by atoms with Crippen LogP contribution in [0.4, 0.5) is 0 Å². The molecule has 0 spiro atoms. The molecule has 1 unspecified atom stereocenters. The smallest absolute Gasteiger partial charge is 0.0726 e. The fourth-order valence-electron chi connectivity index (χ4n) is 2.85. The average molecular weight is 254 g/mol. The van der Waals surface area contributed by atoms with Gasteiger partial charge in [-0.3, -0.25) is 0 Å². The second-order valence-corrected chi connectivity index (χ2v) is 5.98. The van der Waals surface area contributed by atoms with E-state index >= 15 is 0 Å². The molecule has 0 radical (unpaired) electrons. The van der Waals surface area contributed by atoms with Gasteiger partial charge in [-0.1, -0.05) is 44.2 Å². The lowest BCUT2D eigenvalue weighted by molar-refractivity contribution is 0.0241. The van der Waals surface area contributed by atoms with E-state index in [0.717, 1.165) is 6.61 Å². The summed E-state index contributed by atoms with van der Waals surface area (Å²) >= 11 is 0. The molecule has 0 saturated carbocycles. The lowest BCUT2D eigenvalue weighted by Gasteiger charge is -2.17. The highest BCUT2D eigenvalue weighted by atomic mass is 16.5. The van der Waals surface area contributed by atoms with Crippen LogP contribution in [-0.2, 0) is 24.2 Å². The number of aryl methyl sites for hydroxylation is 2. The maximum absolute atomic E-state index is 6.00. The Kier molecular flexibility index (Phi) is 3.32. The largest absolute Gasteiger partial charge is 0.374 e. The van der Waals surface area contributed by atoms with Crippen molar-refractivity contribution < 1.29 is 4.74 Å². The van der Waals surface area contributed by atoms with E-state index in [1.165, 1.54) is 40.3 Å². The molecule has 0 aliphatic heterocycles. The predicted molar refractivity (Wildman–Crippen MR) is 80.4 cm³/mol. The Morgan fingerprint density at radius 2 is 1.74 bits per heavy atom. The van der Waals surface area contributed by atoms with E-state index in [-0.39, 0.29) is 0 Å². The molecule has 3 rings (SSSR count). The molecule has 0 saturated heterocycles. The highest BCUT2D eigenvalue weighted by molar-refractivity contribution is 5.93. The minimum atomic E-state index is 0.308. The zero-order valence-corrected chi connectivity index (χ0v) is 12.1. The lowest BCUT2D eigenvalue weighted by Crippen LogP contribution is -2.15. The normalized spacial score (nSPS) is 15.4. The Hall–Kier alpha value is -1.34. The Balaban J connectivity index is 1.93. The summed E-state index contributed by atoms with van der Waals surface area (Å²) in [7, 11) is 0. The third-order valence-corrected chi connectivity index (χ3v) is 4.41. The predicted octanol–water partition coefficient (Wildman–Crippen LogP) is 4.50. The molecule has 2 aromatic rings. The Labute approximate surface area is 115 Å². The summed E-state index contributed by atoms with van der Waals surface area (Å²) in [5.41, 5.74) is 4.34. The van der Waals surface area contributed by atoms with Crippen LogP contribution < -0.4 is 0 Å². The van der Waals surface area contributed by atoms with Crippen LogP contribution in [0.25, 0.3) is 10.8 Å². The monoisotopic (exact) mass is 254 g/mol. The van der Waals surface area contributed by atoms with Crippen LogP contribution in [0.3, 0.4) is 0 Å². The summed E-state index contributed by atoms with van der Waals surface area (Å²) in [6, 6.07) is 11.2. The van der Waals surface area contributed by atoms with Crippen LogP contribution in [0.15, 0.2) is 30.3 Å². The van der Waals surface area contributed by atoms with Crippen molar-refractivity contribution in [1.82, 2.24) is 0 Å². The van der Waals surface area contributed by atoms with Gasteiger partial charge in [0.2, 0.25) is 0 Å². The van der Waals surface area contributed by atoms with Gasteiger partial charge in [0.05, 0.1) is 12.7 Å². The molecule has 1 aliphatic rings. The van der Waals surface area contributed by atoms with Crippen LogP contribution in [-0.4, -0.2) is 6.10 Å². The summed E-state index contributed by atoms with van der Waals surface area (Å²) in [5.74, 6) is 0.566. The zero-order chi connectivity index (χ0) is 13.4. The Morgan fingerprint density at radius 1 is 1.00 bits per heavy atom. The first-order chi connectivity index (χ1) is 9.16. The molecule has 1 aliphatic carbocycles. The van der Waals surface area contributed by atoms with Gasteiger partial charge in [0.15, 0.2) is 0 Å². The second-order valence-electron chi connectivity index (χ2n) is 5.98. The van der Waals surface area contributed by atoms with Gasteiger partial charge >= 0.3 is 0 Å². The number of rotatable bonds is 4. The Morgan fingerprint density at radius 3 is 2.47 bits per heavy atom. The van der Waals surface area contributed by atoms with E-state index in [4.69, 9.17) is 4.74 Å². The zero-order valence-electron chi connectivity index (χ0n) is 12.1. The fourth-order valence-corrected chi connectivity index (χ4v) is 2.85. The van der Waals surface area contributed by atoms with Gasteiger partial charge in [0.25, 0.3) is 0 Å². The highest BCUT2D eigenvalue weighted by Gasteiger charge is 2.16. The minimum Gasteiger partial charge on any atom is -0.374 e. The average Bonchev–Trinajstić information content (AvgIpc) is 2.83. The number of hydrogen-bond donors (Lipinski definition) is 0. The van der Waals surface area contributed by atoms with Crippen LogP contribution >= 0.6 is 0 Å². The first kappa shape index (κ1) is 12.7. The fraction of sp³-hybridized carbons (Fsp3) is 0.444. The standard InChI is InChI=1S/C18H22O/c1-12(2)13(3)19-11-16-10-9-15-8-7-14-5-4-6-17(16)18(14)15/h4-6,9-10,12-13H,7-8,11H2,1-3H3. The molecule has 0 N–H and O–H groups in total. The Bertz CT molecular complexity index is 588. The molecule has 0 amide bonds. The second kappa shape index (κ2) is 4.97. The topological polar surface area (TPSA) is 9.23 Å². The van der Waals surface area contributed by atoms with Gasteiger partial charge in [0.1, 0.15) is 0 Å². The van der Waals surface area contributed by atoms with E-state index < -0.39 is 0 Å². The number of hydrogen-bond acceptors (Lipinski definition) is 1. The third-order valence-electron chi connectivity index (χ3n) is 4.41. The first-order valence-electron chi connectivity index (χ1n) is 7.31. The van der Waals surface area contributed by atoms with E-state index in [1.54, 1.807) is 0 Å². The molecule has 0 heterocycles. The molecule has 0 bridgehead atoms. The summed E-state index contributed by atoms with van der Waals surface area (Å²) in [6.07, 6.45) is 2.70. The molecular weight excluding hydrogens is 232 g/mol. The number of benzene rings is 2. The van der Waals surface area contributed by atoms with Crippen molar-refractivity contribution in [1.29, 1.82) is 0 Å². The summed E-state index contributed by atoms with van der Waals surface area (Å²) < 4.78 is 6.00. The summed E-state index contributed by atoms with van der Waals surface area (Å²) in [4.78, 5) is 0. The van der Waals surface area contributed by atoms with Crippen molar-refractivity contribution in [2.75, 3.05) is 0 Å². The molecule has 0 fully saturated rings. The van der Waals surface area contributed by atoms with Crippen molar-refractivity contribution in [3.63, 3.8) is 0 Å². The van der Waals surface area contributed by atoms with Gasteiger partial charge in [-0.2, -0.15) is 0 Å². The van der Waals surface area contributed by atoms with Crippen molar-refractivity contribution in [2.45, 2.75) is 46.3 Å². The molecule has 1 heteroatoms. The SMILES string of the molecule is CC(C)C(C)OCc1ccc2c3c(cccc13)CC2. The molecule has 100 valence electrons. The van der Waals surface area contributed by atoms with Crippen molar-refractivity contribution in [3.05, 3.63) is 47.0 Å². The van der Waals surface area contributed by atoms with Gasteiger partial charge in [-0.05, 0) is 53.1 Å². The minimum absolute atomic E-state index is 0.308. The molecule has 1 atom stereocenters. The van der Waals surface area contributed by atoms with Crippen LogP contribution in [0, 0.1) is 5.92 Å². The van der Waals surface area contributed by atoms with Crippen molar-refractivity contribution in [3.8, 4) is 0 Å².